The highest BCUT2D eigenvalue weighted by molar-refractivity contribution is 5.74. The highest BCUT2D eigenvalue weighted by Gasteiger charge is 2.34. The summed E-state index contributed by atoms with van der Waals surface area (Å²) in [5, 5.41) is 0. The van der Waals surface area contributed by atoms with Crippen LogP contribution >= 0.6 is 0 Å². The van der Waals surface area contributed by atoms with Gasteiger partial charge in [0, 0.05) is 12.0 Å². The van der Waals surface area contributed by atoms with Crippen molar-refractivity contribution in [1.82, 2.24) is 0 Å². The Morgan fingerprint density at radius 3 is 1.90 bits per heavy atom. The molecule has 0 N–H and O–H groups in total. The summed E-state index contributed by atoms with van der Waals surface area (Å²) in [6.45, 7) is 20.5. The van der Waals surface area contributed by atoms with Gasteiger partial charge in [0.25, 0.3) is 0 Å². The summed E-state index contributed by atoms with van der Waals surface area (Å²) in [5.41, 5.74) is 4.38. The number of unbranched alkanes of at least 4 members (excludes halogenated alkanes) is 9. The number of carbonyl (C=O) groups is 1. The average Bonchev–Trinajstić information content (AvgIpc) is 3.07. The van der Waals surface area contributed by atoms with Gasteiger partial charge in [0.15, 0.2) is 0 Å². The molecule has 3 nitrogen and oxygen atoms in total. The summed E-state index contributed by atoms with van der Waals surface area (Å²) < 4.78 is 12.9. The van der Waals surface area contributed by atoms with E-state index < -0.39 is 0 Å². The quantitative estimate of drug-likeness (QED) is 0.0398. The van der Waals surface area contributed by atoms with E-state index in [-0.39, 0.29) is 11.6 Å². The van der Waals surface area contributed by atoms with Crippen LogP contribution in [0.25, 0.3) is 0 Å². The monoisotopic (exact) mass is 693 g/mol. The van der Waals surface area contributed by atoms with Crippen LogP contribution in [-0.2, 0) is 11.2 Å². The third-order valence-corrected chi connectivity index (χ3v) is 11.4. The first kappa shape index (κ1) is 44.1. The molecule has 0 bridgehead atoms. The highest BCUT2D eigenvalue weighted by Crippen LogP contribution is 2.45. The molecule has 1 aromatic rings. The number of allylic oxidation sites excluding steroid dienone is 4. The lowest BCUT2D eigenvalue weighted by Gasteiger charge is -2.38. The van der Waals surface area contributed by atoms with Gasteiger partial charge in [-0.2, -0.15) is 0 Å². The van der Waals surface area contributed by atoms with Crippen LogP contribution in [0.4, 0.5) is 0 Å². The molecule has 0 saturated heterocycles. The molecule has 3 heteroatoms. The van der Waals surface area contributed by atoms with Gasteiger partial charge in [-0.15, -0.1) is 0 Å². The van der Waals surface area contributed by atoms with Crippen LogP contribution in [0.5, 0.6) is 11.5 Å². The van der Waals surface area contributed by atoms with Gasteiger partial charge in [0.05, 0.1) is 0 Å². The number of carbonyl (C=O) groups excluding carboxylic acids is 1. The smallest absolute Gasteiger partial charge is 0.311 e. The van der Waals surface area contributed by atoms with Crippen LogP contribution in [0.2, 0.25) is 0 Å². The molecule has 1 aliphatic rings. The minimum atomic E-state index is -0.125. The van der Waals surface area contributed by atoms with Gasteiger partial charge in [-0.1, -0.05) is 142 Å². The fraction of sp³-hybridized carbons (Fsp3) is 0.766. The van der Waals surface area contributed by atoms with Crippen molar-refractivity contribution in [2.24, 2.45) is 17.8 Å². The molecule has 3 atom stereocenters. The van der Waals surface area contributed by atoms with E-state index in [0.29, 0.717) is 6.42 Å². The molecule has 1 heterocycles. The summed E-state index contributed by atoms with van der Waals surface area (Å²) in [5.74, 6) is 4.19. The van der Waals surface area contributed by atoms with Crippen molar-refractivity contribution >= 4 is 5.97 Å². The zero-order valence-electron chi connectivity index (χ0n) is 34.5. The van der Waals surface area contributed by atoms with Gasteiger partial charge in [-0.25, -0.2) is 0 Å². The number of benzene rings is 1. The van der Waals surface area contributed by atoms with Crippen molar-refractivity contribution in [2.45, 2.75) is 216 Å². The first-order chi connectivity index (χ1) is 24.0. The first-order valence-electron chi connectivity index (χ1n) is 21.3. The normalized spacial score (nSPS) is 17.4. The predicted molar refractivity (Wildman–Crippen MR) is 218 cm³/mol. The van der Waals surface area contributed by atoms with Crippen LogP contribution in [0, 0.1) is 38.5 Å². The van der Waals surface area contributed by atoms with Gasteiger partial charge in [0.1, 0.15) is 17.1 Å². The topological polar surface area (TPSA) is 35.5 Å². The van der Waals surface area contributed by atoms with Crippen molar-refractivity contribution in [1.29, 1.82) is 0 Å². The van der Waals surface area contributed by atoms with Crippen molar-refractivity contribution in [3.63, 3.8) is 0 Å². The number of esters is 1. The molecule has 50 heavy (non-hydrogen) atoms. The Morgan fingerprint density at radius 1 is 0.720 bits per heavy atom. The SMILES string of the molecule is CCCCCC/C=C\C=C/CCCCCCCC(=O)Oc1c(C)c(C)c2c(c1C)CCC(C)(CCCC(C)CCCC(C)CCCC(C)C)O2. The molecule has 286 valence electrons. The van der Waals surface area contributed by atoms with Gasteiger partial charge in [0.2, 0.25) is 0 Å². The van der Waals surface area contributed by atoms with E-state index in [1.165, 1.54) is 108 Å². The molecule has 1 aliphatic heterocycles. The molecule has 0 aromatic heterocycles. The lowest BCUT2D eigenvalue weighted by Crippen LogP contribution is -2.37. The average molecular weight is 693 g/mol. The Balaban J connectivity index is 1.70. The van der Waals surface area contributed by atoms with Crippen LogP contribution < -0.4 is 9.47 Å². The number of hydrogen-bond donors (Lipinski definition) is 0. The molecule has 1 aromatic carbocycles. The molecule has 0 fully saturated rings. The first-order valence-corrected chi connectivity index (χ1v) is 21.3. The molecule has 0 saturated carbocycles. The fourth-order valence-corrected chi connectivity index (χ4v) is 7.68. The molecule has 0 spiro atoms. The molecule has 0 radical (unpaired) electrons. The molecule has 2 rings (SSSR count). The Kier molecular flexibility index (Phi) is 22.1. The number of ether oxygens (including phenoxy) is 2. The van der Waals surface area contributed by atoms with Crippen molar-refractivity contribution in [3.05, 3.63) is 46.6 Å². The minimum absolute atomic E-state index is 0.101. The van der Waals surface area contributed by atoms with Crippen molar-refractivity contribution in [3.8, 4) is 11.5 Å². The van der Waals surface area contributed by atoms with E-state index in [1.807, 2.05) is 0 Å². The number of fused-ring (bicyclic) bond motifs is 1. The maximum atomic E-state index is 12.9. The fourth-order valence-electron chi connectivity index (χ4n) is 7.68. The minimum Gasteiger partial charge on any atom is -0.487 e. The molecule has 0 aliphatic carbocycles. The van der Waals surface area contributed by atoms with Gasteiger partial charge in [-0.05, 0) is 120 Å². The van der Waals surface area contributed by atoms with E-state index in [1.54, 1.807) is 0 Å². The molecule has 3 unspecified atom stereocenters. The van der Waals surface area contributed by atoms with Gasteiger partial charge >= 0.3 is 5.97 Å². The Morgan fingerprint density at radius 2 is 1.28 bits per heavy atom. The number of rotatable bonds is 27. The zero-order valence-corrected chi connectivity index (χ0v) is 34.5. The lowest BCUT2D eigenvalue weighted by atomic mass is 9.83. The van der Waals surface area contributed by atoms with Crippen LogP contribution in [0.15, 0.2) is 24.3 Å². The Labute approximate surface area is 310 Å². The third kappa shape index (κ3) is 17.5. The van der Waals surface area contributed by atoms with E-state index >= 15 is 0 Å². The highest BCUT2D eigenvalue weighted by atomic mass is 16.5. The summed E-state index contributed by atoms with van der Waals surface area (Å²) >= 11 is 0. The van der Waals surface area contributed by atoms with E-state index in [2.05, 4.69) is 86.6 Å². The van der Waals surface area contributed by atoms with Crippen LogP contribution in [-0.4, -0.2) is 11.6 Å². The summed E-state index contributed by atoms with van der Waals surface area (Å²) in [7, 11) is 0. The maximum Gasteiger partial charge on any atom is 0.311 e. The third-order valence-electron chi connectivity index (χ3n) is 11.4. The van der Waals surface area contributed by atoms with Crippen molar-refractivity contribution in [2.75, 3.05) is 0 Å². The van der Waals surface area contributed by atoms with Gasteiger partial charge < -0.3 is 9.47 Å². The molecule has 0 amide bonds. The van der Waals surface area contributed by atoms with E-state index in [9.17, 15) is 4.79 Å². The zero-order chi connectivity index (χ0) is 36.8. The largest absolute Gasteiger partial charge is 0.487 e. The second-order valence-electron chi connectivity index (χ2n) is 16.9. The lowest BCUT2D eigenvalue weighted by molar-refractivity contribution is -0.134. The summed E-state index contributed by atoms with van der Waals surface area (Å²) in [6, 6.07) is 0. The summed E-state index contributed by atoms with van der Waals surface area (Å²) in [6.07, 6.45) is 36.6. The van der Waals surface area contributed by atoms with E-state index in [0.717, 1.165) is 84.5 Å². The number of hydrogen-bond acceptors (Lipinski definition) is 3. The van der Waals surface area contributed by atoms with Crippen molar-refractivity contribution < 1.29 is 14.3 Å². The molecular formula is C47H80O3. The Hall–Kier alpha value is -2.03. The summed E-state index contributed by atoms with van der Waals surface area (Å²) in [4.78, 5) is 12.9. The maximum absolute atomic E-state index is 12.9. The molecular weight excluding hydrogens is 613 g/mol. The second kappa shape index (κ2) is 25.0. The van der Waals surface area contributed by atoms with Crippen LogP contribution in [0.3, 0.4) is 0 Å². The standard InChI is InChI=1S/C47H80O3/c1-10-11-12-13-14-15-16-17-18-19-20-21-22-23-24-33-44(48)49-45-40(6)41(7)46-43(42(45)8)34-36-47(9,50-46)35-27-32-39(5)31-26-30-38(4)29-25-28-37(2)3/h15-18,37-39H,10-14,19-36H2,1-9H3/b16-15-,18-17-. The second-order valence-corrected chi connectivity index (χ2v) is 16.9. The van der Waals surface area contributed by atoms with Crippen LogP contribution in [0.1, 0.15) is 205 Å². The van der Waals surface area contributed by atoms with E-state index in [4.69, 9.17) is 9.47 Å². The predicted octanol–water partition coefficient (Wildman–Crippen LogP) is 14.9. The Bertz CT molecular complexity index is 1140. The van der Waals surface area contributed by atoms with Gasteiger partial charge in [-0.3, -0.25) is 4.79 Å².